The first kappa shape index (κ1) is 16.5. The molecule has 4 nitrogen and oxygen atoms in total. The third-order valence-corrected chi connectivity index (χ3v) is 3.09. The Balaban J connectivity index is 2.32. The SMILES string of the molecule is CCCOc1ccc(C(C)NCCCC(=O)OC)cc1. The predicted octanol–water partition coefficient (Wildman–Crippen LogP) is 3.08. The second kappa shape index (κ2) is 9.37. The average molecular weight is 279 g/mol. The summed E-state index contributed by atoms with van der Waals surface area (Å²) in [5, 5.41) is 3.39. The molecule has 1 aromatic carbocycles. The number of esters is 1. The Kier molecular flexibility index (Phi) is 7.73. The molecule has 0 spiro atoms. The lowest BCUT2D eigenvalue weighted by molar-refractivity contribution is -0.140. The Morgan fingerprint density at radius 1 is 1.30 bits per heavy atom. The topological polar surface area (TPSA) is 47.6 Å². The van der Waals surface area contributed by atoms with Crippen LogP contribution in [0.4, 0.5) is 0 Å². The van der Waals surface area contributed by atoms with E-state index in [4.69, 9.17) is 4.74 Å². The smallest absolute Gasteiger partial charge is 0.305 e. The lowest BCUT2D eigenvalue weighted by atomic mass is 10.1. The van der Waals surface area contributed by atoms with Gasteiger partial charge in [0.2, 0.25) is 0 Å². The number of benzene rings is 1. The predicted molar refractivity (Wildman–Crippen MR) is 79.9 cm³/mol. The van der Waals surface area contributed by atoms with Crippen LogP contribution < -0.4 is 10.1 Å². The molecule has 0 aliphatic rings. The van der Waals surface area contributed by atoms with Crippen molar-refractivity contribution in [3.8, 4) is 5.75 Å². The summed E-state index contributed by atoms with van der Waals surface area (Å²) in [5.41, 5.74) is 1.21. The minimum absolute atomic E-state index is 0.156. The van der Waals surface area contributed by atoms with Crippen LogP contribution in [0.15, 0.2) is 24.3 Å². The molecule has 1 atom stereocenters. The average Bonchev–Trinajstić information content (AvgIpc) is 2.49. The van der Waals surface area contributed by atoms with Gasteiger partial charge in [0.15, 0.2) is 0 Å². The number of carbonyl (C=O) groups excluding carboxylic acids is 1. The first-order chi connectivity index (χ1) is 9.67. The molecular formula is C16H25NO3. The van der Waals surface area contributed by atoms with Crippen molar-refractivity contribution in [1.29, 1.82) is 0 Å². The quantitative estimate of drug-likeness (QED) is 0.557. The molecule has 1 rings (SSSR count). The number of methoxy groups -OCH3 is 1. The molecule has 0 amide bonds. The van der Waals surface area contributed by atoms with Crippen molar-refractivity contribution in [3.63, 3.8) is 0 Å². The molecule has 4 heteroatoms. The monoisotopic (exact) mass is 279 g/mol. The standard InChI is InChI=1S/C16H25NO3/c1-4-12-20-15-9-7-14(8-10-15)13(2)17-11-5-6-16(18)19-3/h7-10,13,17H,4-6,11-12H2,1-3H3. The van der Waals surface area contributed by atoms with Gasteiger partial charge in [0.05, 0.1) is 13.7 Å². The Labute approximate surface area is 121 Å². The molecule has 0 heterocycles. The molecule has 0 fully saturated rings. The summed E-state index contributed by atoms with van der Waals surface area (Å²) in [6.07, 6.45) is 2.26. The molecule has 112 valence electrons. The van der Waals surface area contributed by atoms with Gasteiger partial charge in [-0.3, -0.25) is 4.79 Å². The number of rotatable bonds is 9. The summed E-state index contributed by atoms with van der Waals surface area (Å²) >= 11 is 0. The van der Waals surface area contributed by atoms with Gasteiger partial charge in [-0.25, -0.2) is 0 Å². The Morgan fingerprint density at radius 3 is 2.60 bits per heavy atom. The fourth-order valence-corrected chi connectivity index (χ4v) is 1.84. The summed E-state index contributed by atoms with van der Waals surface area (Å²) in [6, 6.07) is 8.40. The molecule has 0 aliphatic carbocycles. The van der Waals surface area contributed by atoms with E-state index in [9.17, 15) is 4.79 Å². The normalized spacial score (nSPS) is 11.9. The van der Waals surface area contributed by atoms with Crippen molar-refractivity contribution in [2.75, 3.05) is 20.3 Å². The molecule has 20 heavy (non-hydrogen) atoms. The van der Waals surface area contributed by atoms with Crippen molar-refractivity contribution >= 4 is 5.97 Å². The first-order valence-corrected chi connectivity index (χ1v) is 7.20. The highest BCUT2D eigenvalue weighted by molar-refractivity contribution is 5.69. The van der Waals surface area contributed by atoms with Crippen LogP contribution in [0.5, 0.6) is 5.75 Å². The molecule has 0 saturated heterocycles. The summed E-state index contributed by atoms with van der Waals surface area (Å²) in [6.45, 7) is 5.75. The summed E-state index contributed by atoms with van der Waals surface area (Å²) in [7, 11) is 1.42. The Hall–Kier alpha value is -1.55. The van der Waals surface area contributed by atoms with Crippen molar-refractivity contribution < 1.29 is 14.3 Å². The van der Waals surface area contributed by atoms with Crippen LogP contribution in [0.2, 0.25) is 0 Å². The van der Waals surface area contributed by atoms with E-state index >= 15 is 0 Å². The molecule has 0 radical (unpaired) electrons. The van der Waals surface area contributed by atoms with Crippen LogP contribution in [0.25, 0.3) is 0 Å². The zero-order valence-corrected chi connectivity index (χ0v) is 12.6. The molecule has 1 N–H and O–H groups in total. The van der Waals surface area contributed by atoms with Crippen molar-refractivity contribution in [2.45, 2.75) is 39.2 Å². The molecular weight excluding hydrogens is 254 g/mol. The maximum Gasteiger partial charge on any atom is 0.305 e. The molecule has 1 unspecified atom stereocenters. The van der Waals surface area contributed by atoms with E-state index in [0.29, 0.717) is 6.42 Å². The largest absolute Gasteiger partial charge is 0.494 e. The second-order valence-corrected chi connectivity index (χ2v) is 4.77. The number of ether oxygens (including phenoxy) is 2. The van der Waals surface area contributed by atoms with E-state index in [0.717, 1.165) is 31.7 Å². The van der Waals surface area contributed by atoms with Crippen molar-refractivity contribution in [3.05, 3.63) is 29.8 Å². The maximum atomic E-state index is 11.0. The van der Waals surface area contributed by atoms with Crippen LogP contribution >= 0.6 is 0 Å². The van der Waals surface area contributed by atoms with Crippen molar-refractivity contribution in [2.24, 2.45) is 0 Å². The van der Waals surface area contributed by atoms with Gasteiger partial charge < -0.3 is 14.8 Å². The molecule has 1 aromatic rings. The van der Waals surface area contributed by atoms with Gasteiger partial charge in [-0.05, 0) is 44.0 Å². The van der Waals surface area contributed by atoms with E-state index in [1.807, 2.05) is 12.1 Å². The summed E-state index contributed by atoms with van der Waals surface area (Å²) in [5.74, 6) is 0.755. The number of nitrogens with one attached hydrogen (secondary N) is 1. The van der Waals surface area contributed by atoms with Gasteiger partial charge in [0.1, 0.15) is 5.75 Å². The number of hydrogen-bond acceptors (Lipinski definition) is 4. The molecule has 0 bridgehead atoms. The van der Waals surface area contributed by atoms with Crippen LogP contribution in [0.1, 0.15) is 44.7 Å². The van der Waals surface area contributed by atoms with Crippen LogP contribution in [0, 0.1) is 0 Å². The van der Waals surface area contributed by atoms with Gasteiger partial charge in [0.25, 0.3) is 0 Å². The van der Waals surface area contributed by atoms with Gasteiger partial charge >= 0.3 is 5.97 Å². The Morgan fingerprint density at radius 2 is 2.00 bits per heavy atom. The third kappa shape index (κ3) is 6.06. The van der Waals surface area contributed by atoms with E-state index in [-0.39, 0.29) is 12.0 Å². The third-order valence-electron chi connectivity index (χ3n) is 3.09. The fourth-order valence-electron chi connectivity index (χ4n) is 1.84. The lowest BCUT2D eigenvalue weighted by Crippen LogP contribution is -2.20. The Bertz CT molecular complexity index is 389. The zero-order chi connectivity index (χ0) is 14.8. The maximum absolute atomic E-state index is 11.0. The highest BCUT2D eigenvalue weighted by Gasteiger charge is 2.05. The minimum Gasteiger partial charge on any atom is -0.494 e. The van der Waals surface area contributed by atoms with E-state index in [1.54, 1.807) is 0 Å². The lowest BCUT2D eigenvalue weighted by Gasteiger charge is -2.14. The molecule has 0 saturated carbocycles. The van der Waals surface area contributed by atoms with E-state index < -0.39 is 0 Å². The summed E-state index contributed by atoms with van der Waals surface area (Å²) in [4.78, 5) is 11.0. The fraction of sp³-hybridized carbons (Fsp3) is 0.562. The highest BCUT2D eigenvalue weighted by Crippen LogP contribution is 2.17. The number of hydrogen-bond donors (Lipinski definition) is 1. The van der Waals surface area contributed by atoms with Gasteiger partial charge in [-0.15, -0.1) is 0 Å². The molecule has 0 aliphatic heterocycles. The highest BCUT2D eigenvalue weighted by atomic mass is 16.5. The van der Waals surface area contributed by atoms with Crippen LogP contribution in [-0.4, -0.2) is 26.2 Å². The number of carbonyl (C=O) groups is 1. The second-order valence-electron chi connectivity index (χ2n) is 4.77. The van der Waals surface area contributed by atoms with Gasteiger partial charge in [0, 0.05) is 12.5 Å². The minimum atomic E-state index is -0.156. The molecule has 0 aromatic heterocycles. The van der Waals surface area contributed by atoms with Gasteiger partial charge in [-0.2, -0.15) is 0 Å². The van der Waals surface area contributed by atoms with Crippen LogP contribution in [0.3, 0.4) is 0 Å². The van der Waals surface area contributed by atoms with E-state index in [1.165, 1.54) is 12.7 Å². The first-order valence-electron chi connectivity index (χ1n) is 7.20. The van der Waals surface area contributed by atoms with E-state index in [2.05, 4.69) is 36.0 Å². The zero-order valence-electron chi connectivity index (χ0n) is 12.6. The van der Waals surface area contributed by atoms with Gasteiger partial charge in [-0.1, -0.05) is 19.1 Å². The van der Waals surface area contributed by atoms with Crippen LogP contribution in [-0.2, 0) is 9.53 Å². The summed E-state index contributed by atoms with van der Waals surface area (Å²) < 4.78 is 10.2. The van der Waals surface area contributed by atoms with Crippen molar-refractivity contribution in [1.82, 2.24) is 5.32 Å².